The molecule has 114 valence electrons. The van der Waals surface area contributed by atoms with Gasteiger partial charge in [0, 0.05) is 11.4 Å². The van der Waals surface area contributed by atoms with Crippen molar-refractivity contribution in [3.05, 3.63) is 47.5 Å². The second-order valence-electron chi connectivity index (χ2n) is 6.67. The highest BCUT2D eigenvalue weighted by atomic mass is 35.5. The molecule has 0 saturated heterocycles. The van der Waals surface area contributed by atoms with Crippen LogP contribution in [0.3, 0.4) is 0 Å². The van der Waals surface area contributed by atoms with Gasteiger partial charge in [-0.25, -0.2) is 9.67 Å². The van der Waals surface area contributed by atoms with Gasteiger partial charge in [0.1, 0.15) is 12.7 Å². The Balaban J connectivity index is 2.37. The Kier molecular flexibility index (Phi) is 4.40. The second kappa shape index (κ2) is 5.78. The van der Waals surface area contributed by atoms with E-state index < -0.39 is 5.60 Å². The molecule has 0 aliphatic heterocycles. The zero-order valence-electron chi connectivity index (χ0n) is 12.9. The second-order valence-corrected chi connectivity index (χ2v) is 7.11. The number of benzene rings is 1. The van der Waals surface area contributed by atoms with Crippen molar-refractivity contribution in [1.29, 1.82) is 0 Å². The molecule has 0 aliphatic carbocycles. The van der Waals surface area contributed by atoms with Crippen LogP contribution in [0.1, 0.15) is 45.7 Å². The van der Waals surface area contributed by atoms with Gasteiger partial charge in [-0.3, -0.25) is 0 Å². The molecule has 0 saturated carbocycles. The van der Waals surface area contributed by atoms with Crippen LogP contribution in [0.15, 0.2) is 36.9 Å². The molecular weight excluding hydrogens is 286 g/mol. The lowest BCUT2D eigenvalue weighted by Gasteiger charge is -2.39. The highest BCUT2D eigenvalue weighted by Crippen LogP contribution is 2.38. The summed E-state index contributed by atoms with van der Waals surface area (Å²) in [5, 5.41) is 15.8. The first-order valence-corrected chi connectivity index (χ1v) is 7.40. The summed E-state index contributed by atoms with van der Waals surface area (Å²) in [7, 11) is 0. The smallest absolute Gasteiger partial charge is 0.137 e. The van der Waals surface area contributed by atoms with E-state index in [9.17, 15) is 5.11 Å². The van der Waals surface area contributed by atoms with Crippen molar-refractivity contribution >= 4 is 11.6 Å². The number of aliphatic hydroxyl groups is 1. The molecule has 1 N–H and O–H groups in total. The van der Waals surface area contributed by atoms with Crippen molar-refractivity contribution in [1.82, 2.24) is 14.8 Å². The summed E-state index contributed by atoms with van der Waals surface area (Å²) < 4.78 is 1.78. The topological polar surface area (TPSA) is 50.9 Å². The predicted molar refractivity (Wildman–Crippen MR) is 84.3 cm³/mol. The van der Waals surface area contributed by atoms with E-state index in [1.807, 2.05) is 52.0 Å². The van der Waals surface area contributed by atoms with Crippen LogP contribution in [0.2, 0.25) is 5.02 Å². The van der Waals surface area contributed by atoms with Gasteiger partial charge in [-0.2, -0.15) is 5.10 Å². The molecule has 0 amide bonds. The van der Waals surface area contributed by atoms with Gasteiger partial charge in [-0.1, -0.05) is 44.5 Å². The van der Waals surface area contributed by atoms with E-state index in [-0.39, 0.29) is 11.5 Å². The Bertz CT molecular complexity index is 571. The third-order valence-corrected chi connectivity index (χ3v) is 4.47. The number of aromatic nitrogens is 3. The van der Waals surface area contributed by atoms with Crippen LogP contribution in [-0.2, 0) is 0 Å². The molecule has 2 rings (SSSR count). The summed E-state index contributed by atoms with van der Waals surface area (Å²) in [6.45, 7) is 7.97. The fourth-order valence-corrected chi connectivity index (χ4v) is 2.24. The van der Waals surface area contributed by atoms with Crippen LogP contribution in [-0.4, -0.2) is 25.5 Å². The lowest BCUT2D eigenvalue weighted by atomic mass is 9.73. The van der Waals surface area contributed by atoms with E-state index >= 15 is 0 Å². The standard InChI is InChI=1S/C16H22ClN3O/c1-15(2,3)16(4,21)9-14(20-11-18-10-19-20)12-5-7-13(17)8-6-12/h5-8,10-11,14,21H,9H2,1-4H3. The van der Waals surface area contributed by atoms with Crippen LogP contribution in [0, 0.1) is 5.41 Å². The third-order valence-electron chi connectivity index (χ3n) is 4.22. The first kappa shape index (κ1) is 16.0. The molecule has 21 heavy (non-hydrogen) atoms. The molecule has 1 heterocycles. The lowest BCUT2D eigenvalue weighted by Crippen LogP contribution is -2.42. The monoisotopic (exact) mass is 307 g/mol. The van der Waals surface area contributed by atoms with Crippen molar-refractivity contribution in [3.8, 4) is 0 Å². The number of rotatable bonds is 4. The fraction of sp³-hybridized carbons (Fsp3) is 0.500. The first-order valence-electron chi connectivity index (χ1n) is 7.03. The summed E-state index contributed by atoms with van der Waals surface area (Å²) in [4.78, 5) is 4.02. The zero-order chi connectivity index (χ0) is 15.7. The maximum absolute atomic E-state index is 10.8. The largest absolute Gasteiger partial charge is 0.390 e. The maximum Gasteiger partial charge on any atom is 0.137 e. The zero-order valence-corrected chi connectivity index (χ0v) is 13.7. The summed E-state index contributed by atoms with van der Waals surface area (Å²) in [5.74, 6) is 0. The highest BCUT2D eigenvalue weighted by molar-refractivity contribution is 6.30. The van der Waals surface area contributed by atoms with Crippen molar-refractivity contribution in [2.45, 2.75) is 45.8 Å². The SMILES string of the molecule is CC(C)(C)C(C)(O)CC(c1ccc(Cl)cc1)n1cncn1. The Morgan fingerprint density at radius 2 is 1.81 bits per heavy atom. The predicted octanol–water partition coefficient (Wildman–Crippen LogP) is 3.71. The quantitative estimate of drug-likeness (QED) is 0.937. The fourth-order valence-electron chi connectivity index (χ4n) is 2.11. The Labute approximate surface area is 130 Å². The van der Waals surface area contributed by atoms with Gasteiger partial charge in [0.25, 0.3) is 0 Å². The van der Waals surface area contributed by atoms with Crippen LogP contribution in [0.5, 0.6) is 0 Å². The molecule has 0 spiro atoms. The molecule has 0 aliphatic rings. The average Bonchev–Trinajstić information content (AvgIpc) is 2.89. The normalized spacial score (nSPS) is 16.5. The van der Waals surface area contributed by atoms with Crippen molar-refractivity contribution < 1.29 is 5.11 Å². The Morgan fingerprint density at radius 3 is 2.29 bits per heavy atom. The minimum atomic E-state index is -0.844. The maximum atomic E-state index is 10.8. The Morgan fingerprint density at radius 1 is 1.19 bits per heavy atom. The minimum Gasteiger partial charge on any atom is -0.390 e. The average molecular weight is 308 g/mol. The molecule has 4 nitrogen and oxygen atoms in total. The molecule has 0 bridgehead atoms. The number of nitrogens with zero attached hydrogens (tertiary/aromatic N) is 3. The van der Waals surface area contributed by atoms with Crippen molar-refractivity contribution in [3.63, 3.8) is 0 Å². The summed E-state index contributed by atoms with van der Waals surface area (Å²) in [6.07, 6.45) is 3.73. The van der Waals surface area contributed by atoms with Gasteiger partial charge >= 0.3 is 0 Å². The highest BCUT2D eigenvalue weighted by Gasteiger charge is 2.38. The molecule has 1 aromatic heterocycles. The molecule has 2 unspecified atom stereocenters. The van der Waals surface area contributed by atoms with Crippen LogP contribution in [0.25, 0.3) is 0 Å². The van der Waals surface area contributed by atoms with E-state index in [2.05, 4.69) is 10.1 Å². The minimum absolute atomic E-state index is 0.0843. The number of hydrogen-bond donors (Lipinski definition) is 1. The van der Waals surface area contributed by atoms with Crippen molar-refractivity contribution in [2.75, 3.05) is 0 Å². The first-order chi connectivity index (χ1) is 9.71. The molecule has 2 aromatic rings. The Hall–Kier alpha value is -1.39. The van der Waals surface area contributed by atoms with Crippen molar-refractivity contribution in [2.24, 2.45) is 5.41 Å². The summed E-state index contributed by atoms with van der Waals surface area (Å²) in [6, 6.07) is 7.55. The summed E-state index contributed by atoms with van der Waals surface area (Å²) >= 11 is 5.96. The van der Waals surface area contributed by atoms with Crippen LogP contribution >= 0.6 is 11.6 Å². The van der Waals surface area contributed by atoms with Gasteiger partial charge in [0.2, 0.25) is 0 Å². The van der Waals surface area contributed by atoms with E-state index in [1.54, 1.807) is 11.0 Å². The van der Waals surface area contributed by atoms with Gasteiger partial charge in [0.05, 0.1) is 11.6 Å². The van der Waals surface area contributed by atoms with Gasteiger partial charge in [-0.15, -0.1) is 0 Å². The van der Waals surface area contributed by atoms with E-state index in [1.165, 1.54) is 6.33 Å². The molecular formula is C16H22ClN3O. The molecule has 0 fully saturated rings. The van der Waals surface area contributed by atoms with E-state index in [4.69, 9.17) is 11.6 Å². The van der Waals surface area contributed by atoms with Crippen LogP contribution in [0.4, 0.5) is 0 Å². The third kappa shape index (κ3) is 3.63. The molecule has 0 radical (unpaired) electrons. The lowest BCUT2D eigenvalue weighted by molar-refractivity contribution is -0.0558. The number of hydrogen-bond acceptors (Lipinski definition) is 3. The molecule has 5 heteroatoms. The van der Waals surface area contributed by atoms with Gasteiger partial charge < -0.3 is 5.11 Å². The van der Waals surface area contributed by atoms with Gasteiger partial charge in [0.15, 0.2) is 0 Å². The van der Waals surface area contributed by atoms with Crippen LogP contribution < -0.4 is 0 Å². The van der Waals surface area contributed by atoms with E-state index in [0.29, 0.717) is 11.4 Å². The number of halogens is 1. The molecule has 1 aromatic carbocycles. The van der Waals surface area contributed by atoms with Gasteiger partial charge in [-0.05, 0) is 30.0 Å². The van der Waals surface area contributed by atoms with E-state index in [0.717, 1.165) is 5.56 Å². The summed E-state index contributed by atoms with van der Waals surface area (Å²) in [5.41, 5.74) is -0.0314. The molecule has 2 atom stereocenters.